The first kappa shape index (κ1) is 13.8. The van der Waals surface area contributed by atoms with Crippen LogP contribution >= 0.6 is 11.6 Å². The molecular weight excluding hydrogens is 260 g/mol. The largest absolute Gasteiger partial charge is 0.294 e. The minimum atomic E-state index is 0.133. The SMILES string of the molecule is CC(C)n1ncc(Cl)c1CCC(=O)c1ccccc1. The zero-order valence-electron chi connectivity index (χ0n) is 11.1. The standard InChI is InChI=1S/C15H17ClN2O/c1-11(2)18-14(13(16)10-17-18)8-9-15(19)12-6-4-3-5-7-12/h3-7,10-11H,8-9H2,1-2H3. The molecule has 100 valence electrons. The second-order valence-electron chi connectivity index (χ2n) is 4.77. The summed E-state index contributed by atoms with van der Waals surface area (Å²) in [6, 6.07) is 9.57. The lowest BCUT2D eigenvalue weighted by Gasteiger charge is -2.11. The number of rotatable bonds is 5. The minimum Gasteiger partial charge on any atom is -0.294 e. The molecule has 3 nitrogen and oxygen atoms in total. The van der Waals surface area contributed by atoms with Gasteiger partial charge in [-0.3, -0.25) is 9.48 Å². The van der Waals surface area contributed by atoms with Gasteiger partial charge in [0.25, 0.3) is 0 Å². The van der Waals surface area contributed by atoms with Gasteiger partial charge in [0.15, 0.2) is 5.78 Å². The summed E-state index contributed by atoms with van der Waals surface area (Å²) in [7, 11) is 0. The molecule has 2 aromatic rings. The Balaban J connectivity index is 2.07. The molecule has 4 heteroatoms. The van der Waals surface area contributed by atoms with Crippen LogP contribution in [0.4, 0.5) is 0 Å². The molecule has 0 spiro atoms. The molecule has 0 saturated carbocycles. The summed E-state index contributed by atoms with van der Waals surface area (Å²) in [5.41, 5.74) is 1.68. The molecule has 0 saturated heterocycles. The molecule has 2 rings (SSSR count). The van der Waals surface area contributed by atoms with E-state index >= 15 is 0 Å². The Labute approximate surface area is 118 Å². The van der Waals surface area contributed by atoms with Gasteiger partial charge in [0.2, 0.25) is 0 Å². The highest BCUT2D eigenvalue weighted by Gasteiger charge is 2.13. The molecule has 0 aliphatic heterocycles. The number of halogens is 1. The zero-order chi connectivity index (χ0) is 13.8. The van der Waals surface area contributed by atoms with Crippen molar-refractivity contribution in [3.05, 3.63) is 52.8 Å². The van der Waals surface area contributed by atoms with Gasteiger partial charge in [0.05, 0.1) is 16.9 Å². The Hall–Kier alpha value is -1.61. The first-order valence-corrected chi connectivity index (χ1v) is 6.77. The quantitative estimate of drug-likeness (QED) is 0.776. The molecule has 0 bridgehead atoms. The first-order valence-electron chi connectivity index (χ1n) is 6.39. The number of ketones is 1. The van der Waals surface area contributed by atoms with Crippen molar-refractivity contribution >= 4 is 17.4 Å². The third kappa shape index (κ3) is 3.24. The molecule has 0 unspecified atom stereocenters. The number of carbonyl (C=O) groups is 1. The second-order valence-corrected chi connectivity index (χ2v) is 5.17. The van der Waals surface area contributed by atoms with E-state index in [1.54, 1.807) is 6.20 Å². The Bertz CT molecular complexity index is 561. The van der Waals surface area contributed by atoms with Gasteiger partial charge in [-0.25, -0.2) is 0 Å². The van der Waals surface area contributed by atoms with E-state index in [4.69, 9.17) is 11.6 Å². The lowest BCUT2D eigenvalue weighted by molar-refractivity contribution is 0.0982. The number of carbonyl (C=O) groups excluding carboxylic acids is 1. The fraction of sp³-hybridized carbons (Fsp3) is 0.333. The van der Waals surface area contributed by atoms with E-state index in [-0.39, 0.29) is 11.8 Å². The molecular formula is C15H17ClN2O. The average Bonchev–Trinajstić information content (AvgIpc) is 2.78. The van der Waals surface area contributed by atoms with Gasteiger partial charge in [-0.05, 0) is 20.3 Å². The fourth-order valence-electron chi connectivity index (χ4n) is 2.05. The van der Waals surface area contributed by atoms with Gasteiger partial charge in [-0.2, -0.15) is 5.10 Å². The van der Waals surface area contributed by atoms with Crippen LogP contribution in [-0.2, 0) is 6.42 Å². The smallest absolute Gasteiger partial charge is 0.163 e. The summed E-state index contributed by atoms with van der Waals surface area (Å²) in [5.74, 6) is 0.133. The fourth-order valence-corrected chi connectivity index (χ4v) is 2.27. The maximum Gasteiger partial charge on any atom is 0.163 e. The molecule has 0 aliphatic rings. The average molecular weight is 277 g/mol. The van der Waals surface area contributed by atoms with E-state index in [1.165, 1.54) is 0 Å². The van der Waals surface area contributed by atoms with Gasteiger partial charge in [0, 0.05) is 18.0 Å². The third-order valence-corrected chi connectivity index (χ3v) is 3.34. The molecule has 0 radical (unpaired) electrons. The summed E-state index contributed by atoms with van der Waals surface area (Å²) in [6.07, 6.45) is 2.71. The van der Waals surface area contributed by atoms with E-state index in [2.05, 4.69) is 5.10 Å². The monoisotopic (exact) mass is 276 g/mol. The third-order valence-electron chi connectivity index (χ3n) is 3.02. The maximum absolute atomic E-state index is 12.1. The lowest BCUT2D eigenvalue weighted by Crippen LogP contribution is -2.10. The Morgan fingerprint density at radius 2 is 2.00 bits per heavy atom. The number of hydrogen-bond donors (Lipinski definition) is 0. The summed E-state index contributed by atoms with van der Waals surface area (Å²) >= 11 is 6.12. The number of nitrogens with zero attached hydrogens (tertiary/aromatic N) is 2. The predicted octanol–water partition coefficient (Wildman–Crippen LogP) is 3.93. The van der Waals surface area contributed by atoms with Crippen molar-refractivity contribution in [1.29, 1.82) is 0 Å². The Morgan fingerprint density at radius 1 is 1.32 bits per heavy atom. The summed E-state index contributed by atoms with van der Waals surface area (Å²) in [4.78, 5) is 12.1. The van der Waals surface area contributed by atoms with Gasteiger partial charge >= 0.3 is 0 Å². The molecule has 0 N–H and O–H groups in total. The van der Waals surface area contributed by atoms with Crippen molar-refractivity contribution in [2.24, 2.45) is 0 Å². The Kier molecular flexibility index (Phi) is 4.38. The van der Waals surface area contributed by atoms with Crippen LogP contribution in [0, 0.1) is 0 Å². The van der Waals surface area contributed by atoms with Crippen molar-refractivity contribution in [3.63, 3.8) is 0 Å². The van der Waals surface area contributed by atoms with Crippen LogP contribution in [0.15, 0.2) is 36.5 Å². The summed E-state index contributed by atoms with van der Waals surface area (Å²) in [6.45, 7) is 4.09. The molecule has 0 aliphatic carbocycles. The topological polar surface area (TPSA) is 34.9 Å². The summed E-state index contributed by atoms with van der Waals surface area (Å²) < 4.78 is 1.88. The maximum atomic E-state index is 12.1. The first-order chi connectivity index (χ1) is 9.09. The van der Waals surface area contributed by atoms with Crippen LogP contribution in [0.1, 0.15) is 42.4 Å². The van der Waals surface area contributed by atoms with Gasteiger partial charge in [-0.15, -0.1) is 0 Å². The van der Waals surface area contributed by atoms with Crippen molar-refractivity contribution in [2.75, 3.05) is 0 Å². The van der Waals surface area contributed by atoms with Crippen LogP contribution in [0.2, 0.25) is 5.02 Å². The van der Waals surface area contributed by atoms with Crippen molar-refractivity contribution in [3.8, 4) is 0 Å². The number of benzene rings is 1. The van der Waals surface area contributed by atoms with Gasteiger partial charge < -0.3 is 0 Å². The van der Waals surface area contributed by atoms with Crippen LogP contribution < -0.4 is 0 Å². The number of aromatic nitrogens is 2. The molecule has 19 heavy (non-hydrogen) atoms. The highest BCUT2D eigenvalue weighted by atomic mass is 35.5. The Morgan fingerprint density at radius 3 is 2.63 bits per heavy atom. The second kappa shape index (κ2) is 6.02. The summed E-state index contributed by atoms with van der Waals surface area (Å²) in [5, 5.41) is 4.87. The van der Waals surface area contributed by atoms with Crippen molar-refractivity contribution < 1.29 is 4.79 Å². The molecule has 0 amide bonds. The van der Waals surface area contributed by atoms with E-state index in [1.807, 2.05) is 48.9 Å². The van der Waals surface area contributed by atoms with Gasteiger partial charge in [-0.1, -0.05) is 41.9 Å². The molecule has 1 aromatic heterocycles. The molecule has 0 atom stereocenters. The van der Waals surface area contributed by atoms with Crippen LogP contribution in [0.5, 0.6) is 0 Å². The molecule has 1 heterocycles. The highest BCUT2D eigenvalue weighted by molar-refractivity contribution is 6.31. The lowest BCUT2D eigenvalue weighted by atomic mass is 10.1. The van der Waals surface area contributed by atoms with E-state index in [0.29, 0.717) is 17.9 Å². The molecule has 1 aromatic carbocycles. The minimum absolute atomic E-state index is 0.133. The van der Waals surface area contributed by atoms with E-state index in [0.717, 1.165) is 11.3 Å². The highest BCUT2D eigenvalue weighted by Crippen LogP contribution is 2.21. The van der Waals surface area contributed by atoms with Crippen molar-refractivity contribution in [1.82, 2.24) is 9.78 Å². The number of hydrogen-bond acceptors (Lipinski definition) is 2. The predicted molar refractivity (Wildman–Crippen MR) is 76.7 cm³/mol. The normalized spacial score (nSPS) is 10.9. The zero-order valence-corrected chi connectivity index (χ0v) is 11.9. The van der Waals surface area contributed by atoms with E-state index in [9.17, 15) is 4.79 Å². The van der Waals surface area contributed by atoms with E-state index < -0.39 is 0 Å². The van der Waals surface area contributed by atoms with Crippen LogP contribution in [0.25, 0.3) is 0 Å². The van der Waals surface area contributed by atoms with Crippen LogP contribution in [0.3, 0.4) is 0 Å². The molecule has 0 fully saturated rings. The van der Waals surface area contributed by atoms with Gasteiger partial charge in [0.1, 0.15) is 0 Å². The van der Waals surface area contributed by atoms with Crippen molar-refractivity contribution in [2.45, 2.75) is 32.7 Å². The number of Topliss-reactive ketones (excluding diaryl/α,β-unsaturated/α-hetero) is 1. The van der Waals surface area contributed by atoms with Crippen LogP contribution in [-0.4, -0.2) is 15.6 Å².